The Labute approximate surface area is 208 Å². The van der Waals surface area contributed by atoms with E-state index in [-0.39, 0.29) is 12.5 Å². The number of aliphatic hydroxyl groups excluding tert-OH is 8. The summed E-state index contributed by atoms with van der Waals surface area (Å²) in [7, 11) is 0. The van der Waals surface area contributed by atoms with Crippen molar-refractivity contribution in [3.63, 3.8) is 0 Å². The van der Waals surface area contributed by atoms with Crippen molar-refractivity contribution in [3.8, 4) is 0 Å². The second kappa shape index (κ2) is 17.9. The zero-order chi connectivity index (χ0) is 26.4. The summed E-state index contributed by atoms with van der Waals surface area (Å²) < 4.78 is 16.2. The Kier molecular flexibility index (Phi) is 16.7. The molecule has 11 heteroatoms. The van der Waals surface area contributed by atoms with Crippen molar-refractivity contribution >= 4 is 0 Å². The zero-order valence-corrected chi connectivity index (χ0v) is 21.1. The van der Waals surface area contributed by atoms with Gasteiger partial charge in [0.25, 0.3) is 0 Å². The number of hydrogen-bond acceptors (Lipinski definition) is 11. The van der Waals surface area contributed by atoms with E-state index in [0.29, 0.717) is 6.42 Å². The second-order valence-electron chi connectivity index (χ2n) is 9.47. The lowest BCUT2D eigenvalue weighted by Gasteiger charge is -2.41. The molecule has 0 aromatic rings. The van der Waals surface area contributed by atoms with E-state index in [4.69, 9.17) is 14.2 Å². The first-order valence-electron chi connectivity index (χ1n) is 12.9. The SMILES string of the molecule is CCCCCCCCCCC(C)OC(O)C(O)C(O)C(CCO)OC1OC(CO)C(O)C(O)C1O. The fourth-order valence-electron chi connectivity index (χ4n) is 4.14. The number of rotatable bonds is 19. The topological polar surface area (TPSA) is 190 Å². The number of aliphatic hydroxyl groups is 8. The van der Waals surface area contributed by atoms with Gasteiger partial charge in [-0.05, 0) is 19.8 Å². The molecule has 1 rings (SSSR count). The van der Waals surface area contributed by atoms with Crippen molar-refractivity contribution in [1.29, 1.82) is 0 Å². The average Bonchev–Trinajstić information content (AvgIpc) is 2.84. The summed E-state index contributed by atoms with van der Waals surface area (Å²) in [6.45, 7) is 2.83. The van der Waals surface area contributed by atoms with Gasteiger partial charge in [0.1, 0.15) is 36.6 Å². The van der Waals surface area contributed by atoms with Gasteiger partial charge in [-0.15, -0.1) is 0 Å². The van der Waals surface area contributed by atoms with Gasteiger partial charge in [0.2, 0.25) is 0 Å². The van der Waals surface area contributed by atoms with Crippen LogP contribution in [0.15, 0.2) is 0 Å². The van der Waals surface area contributed by atoms with E-state index in [2.05, 4.69) is 6.92 Å². The maximum absolute atomic E-state index is 10.6. The summed E-state index contributed by atoms with van der Waals surface area (Å²) in [6.07, 6.45) is -4.96. The Bertz CT molecular complexity index is 524. The van der Waals surface area contributed by atoms with Crippen molar-refractivity contribution in [1.82, 2.24) is 0 Å². The van der Waals surface area contributed by atoms with Gasteiger partial charge in [0.15, 0.2) is 12.6 Å². The van der Waals surface area contributed by atoms with E-state index < -0.39 is 68.5 Å². The Morgan fingerprint density at radius 1 is 0.771 bits per heavy atom. The maximum Gasteiger partial charge on any atom is 0.187 e. The third-order valence-corrected chi connectivity index (χ3v) is 6.43. The lowest BCUT2D eigenvalue weighted by molar-refractivity contribution is -0.323. The Hall–Kier alpha value is -0.440. The molecule has 0 amide bonds. The van der Waals surface area contributed by atoms with Gasteiger partial charge in [-0.1, -0.05) is 58.3 Å². The van der Waals surface area contributed by atoms with E-state index in [1.54, 1.807) is 6.92 Å². The maximum atomic E-state index is 10.6. The molecule has 0 spiro atoms. The zero-order valence-electron chi connectivity index (χ0n) is 21.1. The lowest BCUT2D eigenvalue weighted by Crippen LogP contribution is -2.60. The molecule has 10 atom stereocenters. The van der Waals surface area contributed by atoms with Crippen LogP contribution in [-0.4, -0.2) is 115 Å². The molecule has 1 saturated heterocycles. The van der Waals surface area contributed by atoms with Crippen molar-refractivity contribution in [3.05, 3.63) is 0 Å². The number of hydrogen-bond donors (Lipinski definition) is 8. The van der Waals surface area contributed by atoms with Crippen molar-refractivity contribution in [2.75, 3.05) is 13.2 Å². The van der Waals surface area contributed by atoms with Crippen LogP contribution in [0.5, 0.6) is 0 Å². The molecule has 11 nitrogen and oxygen atoms in total. The van der Waals surface area contributed by atoms with Crippen molar-refractivity contribution in [2.24, 2.45) is 0 Å². The summed E-state index contributed by atoms with van der Waals surface area (Å²) in [6, 6.07) is 0. The molecule has 0 bridgehead atoms. The Morgan fingerprint density at radius 3 is 1.94 bits per heavy atom. The molecule has 1 fully saturated rings. The highest BCUT2D eigenvalue weighted by Gasteiger charge is 2.46. The van der Waals surface area contributed by atoms with Crippen LogP contribution < -0.4 is 0 Å². The van der Waals surface area contributed by atoms with Gasteiger partial charge in [-0.2, -0.15) is 0 Å². The predicted molar refractivity (Wildman–Crippen MR) is 126 cm³/mol. The van der Waals surface area contributed by atoms with Gasteiger partial charge < -0.3 is 55.1 Å². The third-order valence-electron chi connectivity index (χ3n) is 6.43. The van der Waals surface area contributed by atoms with Crippen LogP contribution in [0.1, 0.15) is 78.1 Å². The van der Waals surface area contributed by atoms with E-state index in [1.807, 2.05) is 0 Å². The normalized spacial score (nSPS) is 29.5. The summed E-state index contributed by atoms with van der Waals surface area (Å²) in [5.74, 6) is 0. The monoisotopic (exact) mass is 512 g/mol. The van der Waals surface area contributed by atoms with Crippen LogP contribution in [0.2, 0.25) is 0 Å². The smallest absolute Gasteiger partial charge is 0.187 e. The van der Waals surface area contributed by atoms with Crippen LogP contribution in [0.4, 0.5) is 0 Å². The largest absolute Gasteiger partial charge is 0.396 e. The minimum atomic E-state index is -1.79. The predicted octanol–water partition coefficient (Wildman–Crippen LogP) is -0.470. The summed E-state index contributed by atoms with van der Waals surface area (Å²) >= 11 is 0. The van der Waals surface area contributed by atoms with Gasteiger partial charge in [0, 0.05) is 6.61 Å². The molecule has 8 N–H and O–H groups in total. The number of ether oxygens (including phenoxy) is 3. The fraction of sp³-hybridized carbons (Fsp3) is 1.00. The van der Waals surface area contributed by atoms with Crippen molar-refractivity contribution < 1.29 is 55.1 Å². The van der Waals surface area contributed by atoms with E-state index >= 15 is 0 Å². The molecule has 0 aromatic heterocycles. The van der Waals surface area contributed by atoms with E-state index in [0.717, 1.165) is 19.3 Å². The minimum Gasteiger partial charge on any atom is -0.396 e. The van der Waals surface area contributed by atoms with Crippen molar-refractivity contribution in [2.45, 2.75) is 139 Å². The molecule has 210 valence electrons. The summed E-state index contributed by atoms with van der Waals surface area (Å²) in [4.78, 5) is 0. The van der Waals surface area contributed by atoms with Crippen LogP contribution >= 0.6 is 0 Å². The highest BCUT2D eigenvalue weighted by molar-refractivity contribution is 4.90. The van der Waals surface area contributed by atoms with Gasteiger partial charge >= 0.3 is 0 Å². The standard InChI is InChI=1S/C24H48O11/c1-3-4-5-6-7-8-9-10-11-15(2)33-23(32)21(30)18(27)16(12-13-25)34-24-22(31)20(29)19(28)17(14-26)35-24/h15-32H,3-14H2,1-2H3. The molecule has 1 aliphatic rings. The Morgan fingerprint density at radius 2 is 1.37 bits per heavy atom. The second-order valence-corrected chi connectivity index (χ2v) is 9.47. The molecule has 0 aliphatic carbocycles. The number of unbranched alkanes of at least 4 members (excludes halogenated alkanes) is 7. The molecule has 0 saturated carbocycles. The molecule has 1 aliphatic heterocycles. The van der Waals surface area contributed by atoms with Crippen LogP contribution in [0.25, 0.3) is 0 Å². The van der Waals surface area contributed by atoms with E-state index in [9.17, 15) is 40.9 Å². The van der Waals surface area contributed by atoms with E-state index in [1.165, 1.54) is 32.1 Å². The Balaban J connectivity index is 2.52. The van der Waals surface area contributed by atoms with Crippen LogP contribution in [-0.2, 0) is 14.2 Å². The van der Waals surface area contributed by atoms with Gasteiger partial charge in [0.05, 0.1) is 18.8 Å². The van der Waals surface area contributed by atoms with Gasteiger partial charge in [-0.3, -0.25) is 0 Å². The first-order valence-corrected chi connectivity index (χ1v) is 12.9. The minimum absolute atomic E-state index is 0.201. The average molecular weight is 513 g/mol. The molecule has 10 unspecified atom stereocenters. The fourth-order valence-corrected chi connectivity index (χ4v) is 4.14. The highest BCUT2D eigenvalue weighted by Crippen LogP contribution is 2.25. The summed E-state index contributed by atoms with van der Waals surface area (Å²) in [5.41, 5.74) is 0. The molecular weight excluding hydrogens is 464 g/mol. The third kappa shape index (κ3) is 11.2. The first-order chi connectivity index (χ1) is 16.7. The van der Waals surface area contributed by atoms with Crippen LogP contribution in [0, 0.1) is 0 Å². The van der Waals surface area contributed by atoms with Gasteiger partial charge in [-0.25, -0.2) is 0 Å². The highest BCUT2D eigenvalue weighted by atomic mass is 16.7. The van der Waals surface area contributed by atoms with Crippen LogP contribution in [0.3, 0.4) is 0 Å². The first kappa shape index (κ1) is 32.6. The molecule has 35 heavy (non-hydrogen) atoms. The molecule has 1 heterocycles. The summed E-state index contributed by atoms with van der Waals surface area (Å²) in [5, 5.41) is 79.8. The molecule has 0 aromatic carbocycles. The molecular formula is C24H48O11. The molecule has 0 radical (unpaired) electrons. The quantitative estimate of drug-likeness (QED) is 0.0825. The lowest BCUT2D eigenvalue weighted by atomic mass is 9.98.